The average Bonchev–Trinajstić information content (AvgIpc) is 2.92. The highest BCUT2D eigenvalue weighted by Crippen LogP contribution is 2.29. The van der Waals surface area contributed by atoms with Crippen molar-refractivity contribution in [3.63, 3.8) is 0 Å². The van der Waals surface area contributed by atoms with Gasteiger partial charge in [-0.25, -0.2) is 4.98 Å². The van der Waals surface area contributed by atoms with Crippen molar-refractivity contribution < 1.29 is 4.74 Å². The highest BCUT2D eigenvalue weighted by atomic mass is 32.1. The molecule has 1 N–H and O–H groups in total. The van der Waals surface area contributed by atoms with Crippen LogP contribution in [-0.2, 0) is 12.0 Å². The Morgan fingerprint density at radius 3 is 2.50 bits per heavy atom. The van der Waals surface area contributed by atoms with Gasteiger partial charge >= 0.3 is 0 Å². The Hall–Kier alpha value is -1.39. The fourth-order valence-corrected chi connectivity index (χ4v) is 3.13. The van der Waals surface area contributed by atoms with Gasteiger partial charge in [-0.15, -0.1) is 11.3 Å². The number of aromatic nitrogens is 1. The molecule has 1 unspecified atom stereocenters. The van der Waals surface area contributed by atoms with E-state index in [1.807, 2.05) is 26.1 Å². The maximum absolute atomic E-state index is 5.19. The number of benzene rings is 1. The summed E-state index contributed by atoms with van der Waals surface area (Å²) >= 11 is 1.73. The zero-order valence-electron chi connectivity index (χ0n) is 12.6. The summed E-state index contributed by atoms with van der Waals surface area (Å²) in [6, 6.07) is 8.28. The largest absolute Gasteiger partial charge is 0.497 e. The number of nitrogens with one attached hydrogen (secondary N) is 1. The standard InChI is InChI=1S/C16H22N2OS/c1-12-11-20-15(18-12)16(2,17-3)10-9-13-5-7-14(19-4)8-6-13/h5-8,11,17H,9-10H2,1-4H3. The minimum absolute atomic E-state index is 0.0706. The minimum Gasteiger partial charge on any atom is -0.497 e. The molecule has 108 valence electrons. The molecule has 2 rings (SSSR count). The molecule has 0 aliphatic heterocycles. The van der Waals surface area contributed by atoms with Gasteiger partial charge in [0.25, 0.3) is 0 Å². The molecule has 20 heavy (non-hydrogen) atoms. The quantitative estimate of drug-likeness (QED) is 0.884. The molecule has 1 heterocycles. The second-order valence-electron chi connectivity index (χ2n) is 5.22. The summed E-state index contributed by atoms with van der Waals surface area (Å²) in [4.78, 5) is 4.63. The van der Waals surface area contributed by atoms with Crippen LogP contribution < -0.4 is 10.1 Å². The van der Waals surface area contributed by atoms with Crippen molar-refractivity contribution in [3.8, 4) is 5.75 Å². The van der Waals surface area contributed by atoms with E-state index in [0.717, 1.165) is 29.3 Å². The highest BCUT2D eigenvalue weighted by Gasteiger charge is 2.27. The maximum Gasteiger partial charge on any atom is 0.118 e. The maximum atomic E-state index is 5.19. The normalized spacial score (nSPS) is 14.0. The highest BCUT2D eigenvalue weighted by molar-refractivity contribution is 7.09. The van der Waals surface area contributed by atoms with Crippen LogP contribution in [0.5, 0.6) is 5.75 Å². The number of rotatable bonds is 6. The summed E-state index contributed by atoms with van der Waals surface area (Å²) in [7, 11) is 3.70. The van der Waals surface area contributed by atoms with E-state index in [9.17, 15) is 0 Å². The van der Waals surface area contributed by atoms with Crippen LogP contribution in [0.2, 0.25) is 0 Å². The predicted molar refractivity (Wildman–Crippen MR) is 84.6 cm³/mol. The summed E-state index contributed by atoms with van der Waals surface area (Å²) in [5, 5.41) is 6.69. The van der Waals surface area contributed by atoms with Gasteiger partial charge in [-0.05, 0) is 51.4 Å². The van der Waals surface area contributed by atoms with Crippen molar-refractivity contribution in [2.45, 2.75) is 32.2 Å². The summed E-state index contributed by atoms with van der Waals surface area (Å²) in [5.74, 6) is 0.903. The Bertz CT molecular complexity index is 550. The number of aryl methyl sites for hydroxylation is 2. The third-order valence-electron chi connectivity index (χ3n) is 3.72. The van der Waals surface area contributed by atoms with Crippen LogP contribution in [0, 0.1) is 6.92 Å². The van der Waals surface area contributed by atoms with Crippen LogP contribution in [-0.4, -0.2) is 19.1 Å². The number of ether oxygens (including phenoxy) is 1. The molecule has 3 nitrogen and oxygen atoms in total. The fraction of sp³-hybridized carbons (Fsp3) is 0.438. The Morgan fingerprint density at radius 1 is 1.30 bits per heavy atom. The van der Waals surface area contributed by atoms with Crippen LogP contribution in [0.1, 0.15) is 29.6 Å². The molecular formula is C16H22N2OS. The Kier molecular flexibility index (Phi) is 4.78. The minimum atomic E-state index is -0.0706. The molecule has 4 heteroatoms. The van der Waals surface area contributed by atoms with Gasteiger partial charge in [-0.2, -0.15) is 0 Å². The van der Waals surface area contributed by atoms with E-state index >= 15 is 0 Å². The molecule has 0 bridgehead atoms. The lowest BCUT2D eigenvalue weighted by Crippen LogP contribution is -2.37. The topological polar surface area (TPSA) is 34.1 Å². The molecule has 0 radical (unpaired) electrons. The monoisotopic (exact) mass is 290 g/mol. The van der Waals surface area contributed by atoms with E-state index in [-0.39, 0.29) is 5.54 Å². The summed E-state index contributed by atoms with van der Waals surface area (Å²) in [6.45, 7) is 4.26. The number of hydrogen-bond acceptors (Lipinski definition) is 4. The van der Waals surface area contributed by atoms with Gasteiger partial charge in [0, 0.05) is 11.1 Å². The van der Waals surface area contributed by atoms with Gasteiger partial charge in [0.1, 0.15) is 10.8 Å². The van der Waals surface area contributed by atoms with Crippen LogP contribution in [0.25, 0.3) is 0 Å². The van der Waals surface area contributed by atoms with Gasteiger partial charge in [0.05, 0.1) is 12.6 Å². The van der Waals surface area contributed by atoms with Crippen molar-refractivity contribution in [2.75, 3.05) is 14.2 Å². The fourth-order valence-electron chi connectivity index (χ4n) is 2.13. The lowest BCUT2D eigenvalue weighted by atomic mass is 9.94. The molecule has 0 fully saturated rings. The Labute approximate surface area is 125 Å². The van der Waals surface area contributed by atoms with Crippen molar-refractivity contribution in [2.24, 2.45) is 0 Å². The van der Waals surface area contributed by atoms with Crippen LogP contribution in [0.15, 0.2) is 29.6 Å². The third kappa shape index (κ3) is 3.38. The van der Waals surface area contributed by atoms with Crippen molar-refractivity contribution in [1.29, 1.82) is 0 Å². The first-order valence-electron chi connectivity index (χ1n) is 6.82. The lowest BCUT2D eigenvalue weighted by molar-refractivity contribution is 0.367. The van der Waals surface area contributed by atoms with Gasteiger partial charge in [-0.1, -0.05) is 12.1 Å². The lowest BCUT2D eigenvalue weighted by Gasteiger charge is -2.27. The van der Waals surface area contributed by atoms with Crippen molar-refractivity contribution in [3.05, 3.63) is 45.9 Å². The van der Waals surface area contributed by atoms with E-state index in [1.54, 1.807) is 18.4 Å². The SMILES string of the molecule is CNC(C)(CCc1ccc(OC)cc1)c1nc(C)cs1. The number of thiazole rings is 1. The number of methoxy groups -OCH3 is 1. The molecule has 1 atom stereocenters. The van der Waals surface area contributed by atoms with Crippen molar-refractivity contribution in [1.82, 2.24) is 10.3 Å². The average molecular weight is 290 g/mol. The first-order chi connectivity index (χ1) is 9.57. The molecule has 1 aromatic heterocycles. The zero-order chi connectivity index (χ0) is 14.6. The molecule has 0 aliphatic carbocycles. The summed E-state index contributed by atoms with van der Waals surface area (Å²) in [6.07, 6.45) is 2.03. The molecule has 0 saturated carbocycles. The van der Waals surface area contributed by atoms with E-state index < -0.39 is 0 Å². The van der Waals surface area contributed by atoms with E-state index in [0.29, 0.717) is 0 Å². The summed E-state index contributed by atoms with van der Waals surface area (Å²) in [5.41, 5.74) is 2.34. The molecule has 1 aromatic carbocycles. The number of hydrogen-bond donors (Lipinski definition) is 1. The van der Waals surface area contributed by atoms with E-state index in [1.165, 1.54) is 5.56 Å². The molecular weight excluding hydrogens is 268 g/mol. The first-order valence-corrected chi connectivity index (χ1v) is 7.70. The molecule has 0 aliphatic rings. The van der Waals surface area contributed by atoms with Crippen LogP contribution in [0.4, 0.5) is 0 Å². The second kappa shape index (κ2) is 6.37. The molecule has 2 aromatic rings. The van der Waals surface area contributed by atoms with Gasteiger partial charge in [0.15, 0.2) is 0 Å². The van der Waals surface area contributed by atoms with Gasteiger partial charge in [-0.3, -0.25) is 0 Å². The number of nitrogens with zero attached hydrogens (tertiary/aromatic N) is 1. The zero-order valence-corrected chi connectivity index (χ0v) is 13.4. The molecule has 0 saturated heterocycles. The first kappa shape index (κ1) is 15.0. The summed E-state index contributed by atoms with van der Waals surface area (Å²) < 4.78 is 5.19. The van der Waals surface area contributed by atoms with Gasteiger partial charge in [0.2, 0.25) is 0 Å². The predicted octanol–water partition coefficient (Wildman–Crippen LogP) is 3.53. The smallest absolute Gasteiger partial charge is 0.118 e. The Morgan fingerprint density at radius 2 is 2.00 bits per heavy atom. The molecule has 0 amide bonds. The van der Waals surface area contributed by atoms with E-state index in [2.05, 4.69) is 34.7 Å². The van der Waals surface area contributed by atoms with E-state index in [4.69, 9.17) is 4.74 Å². The van der Waals surface area contributed by atoms with Crippen LogP contribution >= 0.6 is 11.3 Å². The van der Waals surface area contributed by atoms with Gasteiger partial charge < -0.3 is 10.1 Å². The third-order valence-corrected chi connectivity index (χ3v) is 4.94. The Balaban J connectivity index is 2.06. The van der Waals surface area contributed by atoms with Crippen molar-refractivity contribution >= 4 is 11.3 Å². The second-order valence-corrected chi connectivity index (χ2v) is 6.08. The molecule has 0 spiro atoms. The van der Waals surface area contributed by atoms with Crippen LogP contribution in [0.3, 0.4) is 0 Å².